The number of methoxy groups -OCH3 is 1. The fourth-order valence-corrected chi connectivity index (χ4v) is 2.26. The van der Waals surface area contributed by atoms with Gasteiger partial charge in [-0.1, -0.05) is 5.92 Å². The Bertz CT molecular complexity index is 516. The SMILES string of the molecule is C#CC1(Oc2cc(C#N)ccc2OC)CCCC1. The lowest BCUT2D eigenvalue weighted by Gasteiger charge is -2.25. The molecule has 0 atom stereocenters. The Balaban J connectivity index is 2.33. The van der Waals surface area contributed by atoms with Gasteiger partial charge in [0.25, 0.3) is 0 Å². The van der Waals surface area contributed by atoms with Crippen molar-refractivity contribution in [3.05, 3.63) is 23.8 Å². The van der Waals surface area contributed by atoms with Gasteiger partial charge in [-0.3, -0.25) is 0 Å². The number of benzene rings is 1. The molecule has 0 heterocycles. The minimum absolute atomic E-state index is 0.538. The molecule has 0 aromatic heterocycles. The van der Waals surface area contributed by atoms with Gasteiger partial charge in [0, 0.05) is 6.07 Å². The first-order valence-electron chi connectivity index (χ1n) is 5.98. The summed E-state index contributed by atoms with van der Waals surface area (Å²) in [5.41, 5.74) is -0.00238. The number of nitrogens with zero attached hydrogens (tertiary/aromatic N) is 1. The van der Waals surface area contributed by atoms with Crippen LogP contribution in [0, 0.1) is 23.7 Å². The summed E-state index contributed by atoms with van der Waals surface area (Å²) in [5.74, 6) is 3.91. The molecule has 3 heteroatoms. The molecule has 3 nitrogen and oxygen atoms in total. The van der Waals surface area contributed by atoms with Gasteiger partial charge in [-0.15, -0.1) is 6.42 Å². The maximum absolute atomic E-state index is 8.92. The highest BCUT2D eigenvalue weighted by Gasteiger charge is 2.34. The zero-order valence-electron chi connectivity index (χ0n) is 10.4. The standard InChI is InChI=1S/C15H15NO2/c1-3-15(8-4-5-9-15)18-14-10-12(11-16)6-7-13(14)17-2/h1,6-7,10H,4-5,8-9H2,2H3. The van der Waals surface area contributed by atoms with Crippen LogP contribution in [0.1, 0.15) is 31.2 Å². The molecule has 0 saturated heterocycles. The molecular weight excluding hydrogens is 226 g/mol. The first-order valence-corrected chi connectivity index (χ1v) is 5.98. The van der Waals surface area contributed by atoms with E-state index in [1.807, 2.05) is 0 Å². The molecule has 0 spiro atoms. The molecule has 0 bridgehead atoms. The van der Waals surface area contributed by atoms with Crippen LogP contribution in [0.25, 0.3) is 0 Å². The fraction of sp³-hybridized carbons (Fsp3) is 0.400. The largest absolute Gasteiger partial charge is 0.493 e. The molecular formula is C15H15NO2. The van der Waals surface area contributed by atoms with Crippen molar-refractivity contribution < 1.29 is 9.47 Å². The Morgan fingerprint density at radius 3 is 2.56 bits per heavy atom. The first kappa shape index (κ1) is 12.3. The van der Waals surface area contributed by atoms with E-state index in [1.54, 1.807) is 25.3 Å². The number of terminal acetylenes is 1. The minimum Gasteiger partial charge on any atom is -0.493 e. The molecule has 1 aromatic carbocycles. The highest BCUT2D eigenvalue weighted by atomic mass is 16.5. The summed E-state index contributed by atoms with van der Waals surface area (Å²) in [6, 6.07) is 7.19. The smallest absolute Gasteiger partial charge is 0.169 e. The molecule has 2 rings (SSSR count). The lowest BCUT2D eigenvalue weighted by atomic mass is 10.0. The maximum atomic E-state index is 8.92. The Morgan fingerprint density at radius 1 is 1.28 bits per heavy atom. The van der Waals surface area contributed by atoms with E-state index in [1.165, 1.54) is 0 Å². The Kier molecular flexibility index (Phi) is 3.44. The van der Waals surface area contributed by atoms with Gasteiger partial charge in [0.2, 0.25) is 0 Å². The van der Waals surface area contributed by atoms with Crippen molar-refractivity contribution >= 4 is 0 Å². The Morgan fingerprint density at radius 2 is 2.00 bits per heavy atom. The summed E-state index contributed by atoms with van der Waals surface area (Å²) in [4.78, 5) is 0. The third kappa shape index (κ3) is 2.26. The lowest BCUT2D eigenvalue weighted by Crippen LogP contribution is -2.30. The van der Waals surface area contributed by atoms with Crippen molar-refractivity contribution in [1.82, 2.24) is 0 Å². The highest BCUT2D eigenvalue weighted by Crippen LogP contribution is 2.38. The Hall–Kier alpha value is -2.13. The van der Waals surface area contributed by atoms with Crippen LogP contribution in [0.2, 0.25) is 0 Å². The van der Waals surface area contributed by atoms with Gasteiger partial charge in [-0.2, -0.15) is 5.26 Å². The van der Waals surface area contributed by atoms with Crippen LogP contribution in [0.5, 0.6) is 11.5 Å². The van der Waals surface area contributed by atoms with Crippen LogP contribution in [0.15, 0.2) is 18.2 Å². The molecule has 0 aliphatic heterocycles. The number of hydrogen-bond acceptors (Lipinski definition) is 3. The van der Waals surface area contributed by atoms with Crippen LogP contribution >= 0.6 is 0 Å². The second-order valence-electron chi connectivity index (χ2n) is 4.43. The Labute approximate surface area is 107 Å². The number of nitriles is 1. The fourth-order valence-electron chi connectivity index (χ4n) is 2.26. The molecule has 1 aliphatic rings. The van der Waals surface area contributed by atoms with Gasteiger partial charge in [0.15, 0.2) is 17.1 Å². The second-order valence-corrected chi connectivity index (χ2v) is 4.43. The zero-order valence-corrected chi connectivity index (χ0v) is 10.4. The van der Waals surface area contributed by atoms with E-state index in [4.69, 9.17) is 21.2 Å². The van der Waals surface area contributed by atoms with Gasteiger partial charge in [0.1, 0.15) is 0 Å². The summed E-state index contributed by atoms with van der Waals surface area (Å²) in [7, 11) is 1.57. The van der Waals surface area contributed by atoms with E-state index in [0.29, 0.717) is 17.1 Å². The predicted octanol–water partition coefficient (Wildman–Crippen LogP) is 2.89. The zero-order chi connectivity index (χ0) is 13.0. The van der Waals surface area contributed by atoms with Crippen molar-refractivity contribution in [2.75, 3.05) is 7.11 Å². The van der Waals surface area contributed by atoms with E-state index >= 15 is 0 Å². The highest BCUT2D eigenvalue weighted by molar-refractivity contribution is 5.47. The number of hydrogen-bond donors (Lipinski definition) is 0. The molecule has 18 heavy (non-hydrogen) atoms. The summed E-state index contributed by atoms with van der Waals surface area (Å²) < 4.78 is 11.2. The van der Waals surface area contributed by atoms with Gasteiger partial charge < -0.3 is 9.47 Å². The molecule has 1 aliphatic carbocycles. The topological polar surface area (TPSA) is 42.2 Å². The van der Waals surface area contributed by atoms with E-state index < -0.39 is 5.60 Å². The molecule has 1 fully saturated rings. The van der Waals surface area contributed by atoms with Crippen LogP contribution in [0.3, 0.4) is 0 Å². The van der Waals surface area contributed by atoms with Crippen molar-refractivity contribution in [1.29, 1.82) is 5.26 Å². The van der Waals surface area contributed by atoms with E-state index in [2.05, 4.69) is 12.0 Å². The van der Waals surface area contributed by atoms with Crippen molar-refractivity contribution in [3.63, 3.8) is 0 Å². The van der Waals surface area contributed by atoms with Gasteiger partial charge in [0.05, 0.1) is 18.7 Å². The second kappa shape index (κ2) is 5.02. The van der Waals surface area contributed by atoms with Gasteiger partial charge in [-0.05, 0) is 37.8 Å². The quantitative estimate of drug-likeness (QED) is 0.764. The molecule has 0 unspecified atom stereocenters. The van der Waals surface area contributed by atoms with E-state index in [9.17, 15) is 0 Å². The van der Waals surface area contributed by atoms with Crippen LogP contribution in [-0.4, -0.2) is 12.7 Å². The number of ether oxygens (including phenoxy) is 2. The number of rotatable bonds is 3. The molecule has 0 N–H and O–H groups in total. The van der Waals surface area contributed by atoms with E-state index in [0.717, 1.165) is 25.7 Å². The normalized spacial score (nSPS) is 16.6. The minimum atomic E-state index is -0.540. The monoisotopic (exact) mass is 241 g/mol. The summed E-state index contributed by atoms with van der Waals surface area (Å²) >= 11 is 0. The lowest BCUT2D eigenvalue weighted by molar-refractivity contribution is 0.133. The van der Waals surface area contributed by atoms with Crippen molar-refractivity contribution in [3.8, 4) is 29.9 Å². The molecule has 0 amide bonds. The van der Waals surface area contributed by atoms with Crippen molar-refractivity contribution in [2.24, 2.45) is 0 Å². The van der Waals surface area contributed by atoms with Crippen LogP contribution in [0.4, 0.5) is 0 Å². The summed E-state index contributed by atoms with van der Waals surface area (Å²) in [5, 5.41) is 8.92. The predicted molar refractivity (Wildman–Crippen MR) is 68.4 cm³/mol. The van der Waals surface area contributed by atoms with E-state index in [-0.39, 0.29) is 0 Å². The van der Waals surface area contributed by atoms with Crippen molar-refractivity contribution in [2.45, 2.75) is 31.3 Å². The average Bonchev–Trinajstić information content (AvgIpc) is 2.88. The van der Waals surface area contributed by atoms with Gasteiger partial charge >= 0.3 is 0 Å². The van der Waals surface area contributed by atoms with Gasteiger partial charge in [-0.25, -0.2) is 0 Å². The van der Waals surface area contributed by atoms with Crippen LogP contribution in [-0.2, 0) is 0 Å². The summed E-state index contributed by atoms with van der Waals surface area (Å²) in [6.07, 6.45) is 9.45. The summed E-state index contributed by atoms with van der Waals surface area (Å²) in [6.45, 7) is 0. The first-order chi connectivity index (χ1) is 8.73. The maximum Gasteiger partial charge on any atom is 0.169 e. The van der Waals surface area contributed by atoms with Crippen LogP contribution < -0.4 is 9.47 Å². The molecule has 0 radical (unpaired) electrons. The molecule has 1 aromatic rings. The molecule has 1 saturated carbocycles. The average molecular weight is 241 g/mol. The third-order valence-electron chi connectivity index (χ3n) is 3.27. The third-order valence-corrected chi connectivity index (χ3v) is 3.27. The molecule has 92 valence electrons.